The van der Waals surface area contributed by atoms with E-state index >= 15 is 0 Å². The number of hydrogen-bond donors (Lipinski definition) is 1. The molecule has 0 aliphatic rings. The van der Waals surface area contributed by atoms with Gasteiger partial charge in [-0.3, -0.25) is 0 Å². The number of halogens is 3. The van der Waals surface area contributed by atoms with Crippen LogP contribution in [0.3, 0.4) is 0 Å². The Kier molecular flexibility index (Phi) is 5.39. The van der Waals surface area contributed by atoms with Gasteiger partial charge < -0.3 is 10.1 Å². The minimum Gasteiger partial charge on any atom is -0.435 e. The molecule has 0 aliphatic carbocycles. The lowest BCUT2D eigenvalue weighted by Crippen LogP contribution is -2.17. The molecule has 0 radical (unpaired) electrons. The Hall–Kier alpha value is -1.81. The third-order valence-electron chi connectivity index (χ3n) is 2.95. The number of benzene rings is 2. The number of anilines is 1. The second-order valence-electron chi connectivity index (χ2n) is 4.78. The zero-order chi connectivity index (χ0) is 15.2. The fourth-order valence-corrected chi connectivity index (χ4v) is 2.17. The summed E-state index contributed by atoms with van der Waals surface area (Å²) in [5.74, 6) is 0.154. The predicted molar refractivity (Wildman–Crippen MR) is 81.3 cm³/mol. The Balaban J connectivity index is 1.90. The van der Waals surface area contributed by atoms with E-state index in [1.165, 1.54) is 17.7 Å². The summed E-state index contributed by atoms with van der Waals surface area (Å²) < 4.78 is 28.4. The molecule has 2 rings (SSSR count). The van der Waals surface area contributed by atoms with E-state index in [1.807, 2.05) is 24.3 Å². The molecule has 0 bridgehead atoms. The first-order valence-electron chi connectivity index (χ1n) is 6.59. The third-order valence-corrected chi connectivity index (χ3v) is 3.20. The summed E-state index contributed by atoms with van der Waals surface area (Å²) in [6.45, 7) is -0.745. The summed E-state index contributed by atoms with van der Waals surface area (Å²) in [5, 5.41) is 4.03. The Labute approximate surface area is 127 Å². The zero-order valence-corrected chi connectivity index (χ0v) is 12.3. The molecule has 21 heavy (non-hydrogen) atoms. The van der Waals surface area contributed by atoms with E-state index in [1.54, 1.807) is 12.1 Å². The van der Waals surface area contributed by atoms with Crippen LogP contribution in [0.4, 0.5) is 14.5 Å². The van der Waals surface area contributed by atoms with Crippen LogP contribution >= 0.6 is 11.6 Å². The maximum Gasteiger partial charge on any atom is 0.387 e. The van der Waals surface area contributed by atoms with Crippen molar-refractivity contribution in [2.75, 3.05) is 5.32 Å². The number of alkyl halides is 2. The summed E-state index contributed by atoms with van der Waals surface area (Å²) in [6.07, 6.45) is 0.840. The Morgan fingerprint density at radius 1 is 1.05 bits per heavy atom. The van der Waals surface area contributed by atoms with Crippen LogP contribution in [0, 0.1) is 0 Å². The summed E-state index contributed by atoms with van der Waals surface area (Å²) in [7, 11) is 0. The van der Waals surface area contributed by atoms with Crippen LogP contribution in [0.2, 0.25) is 5.02 Å². The highest BCUT2D eigenvalue weighted by atomic mass is 35.5. The molecule has 2 nitrogen and oxygen atoms in total. The molecule has 1 atom stereocenters. The van der Waals surface area contributed by atoms with Crippen LogP contribution in [0.15, 0.2) is 48.5 Å². The lowest BCUT2D eigenvalue weighted by Gasteiger charge is -2.16. The first-order valence-corrected chi connectivity index (χ1v) is 6.96. The van der Waals surface area contributed by atoms with Gasteiger partial charge in [-0.25, -0.2) is 0 Å². The fourth-order valence-electron chi connectivity index (χ4n) is 2.04. The van der Waals surface area contributed by atoms with Crippen molar-refractivity contribution in [1.82, 2.24) is 0 Å². The molecule has 5 heteroatoms. The topological polar surface area (TPSA) is 21.3 Å². The second-order valence-corrected chi connectivity index (χ2v) is 5.22. The van der Waals surface area contributed by atoms with E-state index < -0.39 is 6.61 Å². The molecule has 0 fully saturated rings. The molecule has 0 spiro atoms. The molecule has 1 unspecified atom stereocenters. The lowest BCUT2D eigenvalue weighted by atomic mass is 10.1. The van der Waals surface area contributed by atoms with E-state index in [9.17, 15) is 8.78 Å². The highest BCUT2D eigenvalue weighted by Gasteiger charge is 2.06. The summed E-state index contributed by atoms with van der Waals surface area (Å²) >= 11 is 5.85. The molecule has 2 aromatic carbocycles. The molecular weight excluding hydrogens is 296 g/mol. The van der Waals surface area contributed by atoms with Gasteiger partial charge >= 0.3 is 6.61 Å². The van der Waals surface area contributed by atoms with Crippen molar-refractivity contribution >= 4 is 17.3 Å². The number of ether oxygens (including phenoxy) is 1. The molecule has 0 amide bonds. The minimum atomic E-state index is -2.80. The minimum absolute atomic E-state index is 0.154. The second kappa shape index (κ2) is 7.27. The Bertz CT molecular complexity index is 557. The maximum absolute atomic E-state index is 12.1. The quantitative estimate of drug-likeness (QED) is 0.812. The van der Waals surface area contributed by atoms with Crippen LogP contribution in [0.1, 0.15) is 12.5 Å². The normalized spacial score (nSPS) is 12.2. The van der Waals surface area contributed by atoms with Gasteiger partial charge in [0, 0.05) is 16.8 Å². The molecule has 112 valence electrons. The Morgan fingerprint density at radius 2 is 1.67 bits per heavy atom. The third kappa shape index (κ3) is 5.23. The van der Waals surface area contributed by atoms with Gasteiger partial charge in [-0.2, -0.15) is 8.78 Å². The van der Waals surface area contributed by atoms with Crippen molar-refractivity contribution in [2.45, 2.75) is 26.0 Å². The standard InChI is InChI=1S/C16H16ClF2NO/c1-11(10-12-2-4-13(17)5-3-12)20-14-6-8-15(9-7-14)21-16(18)19/h2-9,11,16,20H,10H2,1H3. The van der Waals surface area contributed by atoms with Gasteiger partial charge in [0.05, 0.1) is 0 Å². The molecule has 0 saturated carbocycles. The molecule has 0 heterocycles. The molecule has 0 aromatic heterocycles. The van der Waals surface area contributed by atoms with E-state index in [4.69, 9.17) is 11.6 Å². The van der Waals surface area contributed by atoms with Crippen LogP contribution in [-0.4, -0.2) is 12.7 Å². The SMILES string of the molecule is CC(Cc1ccc(Cl)cc1)Nc1ccc(OC(F)F)cc1. The molecule has 0 aliphatic heterocycles. The molecule has 1 N–H and O–H groups in total. The Morgan fingerprint density at radius 3 is 2.24 bits per heavy atom. The monoisotopic (exact) mass is 311 g/mol. The van der Waals surface area contributed by atoms with Gasteiger partial charge in [0.1, 0.15) is 5.75 Å². The van der Waals surface area contributed by atoms with E-state index in [0.717, 1.165) is 12.1 Å². The van der Waals surface area contributed by atoms with Gasteiger partial charge in [0.25, 0.3) is 0 Å². The van der Waals surface area contributed by atoms with Gasteiger partial charge in [-0.15, -0.1) is 0 Å². The van der Waals surface area contributed by atoms with Gasteiger partial charge in [-0.1, -0.05) is 23.7 Å². The van der Waals surface area contributed by atoms with Crippen molar-refractivity contribution in [3.63, 3.8) is 0 Å². The number of hydrogen-bond acceptors (Lipinski definition) is 2. The summed E-state index contributed by atoms with van der Waals surface area (Å²) in [6, 6.07) is 14.4. The van der Waals surface area contributed by atoms with Crippen molar-refractivity contribution < 1.29 is 13.5 Å². The van der Waals surface area contributed by atoms with Crippen molar-refractivity contribution in [3.05, 3.63) is 59.1 Å². The lowest BCUT2D eigenvalue weighted by molar-refractivity contribution is -0.0498. The smallest absolute Gasteiger partial charge is 0.387 e. The average molecular weight is 312 g/mol. The van der Waals surface area contributed by atoms with Crippen molar-refractivity contribution in [1.29, 1.82) is 0 Å². The zero-order valence-electron chi connectivity index (χ0n) is 11.5. The van der Waals surface area contributed by atoms with E-state index in [2.05, 4.69) is 17.0 Å². The van der Waals surface area contributed by atoms with Crippen LogP contribution in [0.25, 0.3) is 0 Å². The number of rotatable bonds is 6. The van der Waals surface area contributed by atoms with Gasteiger partial charge in [0.15, 0.2) is 0 Å². The van der Waals surface area contributed by atoms with Crippen LogP contribution in [-0.2, 0) is 6.42 Å². The summed E-state index contributed by atoms with van der Waals surface area (Å²) in [4.78, 5) is 0. The van der Waals surface area contributed by atoms with Gasteiger partial charge in [-0.05, 0) is 55.3 Å². The first-order chi connectivity index (χ1) is 10.0. The molecular formula is C16H16ClF2NO. The van der Waals surface area contributed by atoms with Gasteiger partial charge in [0.2, 0.25) is 0 Å². The highest BCUT2D eigenvalue weighted by molar-refractivity contribution is 6.30. The largest absolute Gasteiger partial charge is 0.435 e. The van der Waals surface area contributed by atoms with E-state index in [-0.39, 0.29) is 11.8 Å². The summed E-state index contributed by atoms with van der Waals surface area (Å²) in [5.41, 5.74) is 2.04. The highest BCUT2D eigenvalue weighted by Crippen LogP contribution is 2.19. The van der Waals surface area contributed by atoms with Crippen molar-refractivity contribution in [2.24, 2.45) is 0 Å². The van der Waals surface area contributed by atoms with Crippen LogP contribution in [0.5, 0.6) is 5.75 Å². The van der Waals surface area contributed by atoms with E-state index in [0.29, 0.717) is 5.02 Å². The van der Waals surface area contributed by atoms with Crippen molar-refractivity contribution in [3.8, 4) is 5.75 Å². The fraction of sp³-hybridized carbons (Fsp3) is 0.250. The molecule has 2 aromatic rings. The first kappa shape index (κ1) is 15.6. The average Bonchev–Trinajstić information content (AvgIpc) is 2.43. The number of nitrogens with one attached hydrogen (secondary N) is 1. The predicted octanol–water partition coefficient (Wildman–Crippen LogP) is 4.98. The van der Waals surface area contributed by atoms with Crippen LogP contribution < -0.4 is 10.1 Å². The maximum atomic E-state index is 12.1. The molecule has 0 saturated heterocycles.